The second-order valence-electron chi connectivity index (χ2n) is 14.9. The first-order valence-electron chi connectivity index (χ1n) is 18.3. The number of pyridine rings is 2. The molecule has 0 amide bonds. The van der Waals surface area contributed by atoms with E-state index < -0.39 is 0 Å². The van der Waals surface area contributed by atoms with Crippen LogP contribution in [0.3, 0.4) is 0 Å². The second kappa shape index (κ2) is 13.7. The third-order valence-corrected chi connectivity index (χ3v) is 10.3. The lowest BCUT2D eigenvalue weighted by molar-refractivity contribution is 0.836. The Balaban J connectivity index is 1.49. The van der Waals surface area contributed by atoms with E-state index in [1.54, 1.807) is 0 Å². The Morgan fingerprint density at radius 2 is 0.640 bits per heavy atom. The molecule has 0 bridgehead atoms. The zero-order chi connectivity index (χ0) is 35.1. The minimum atomic E-state index is 0.393. The predicted octanol–water partition coefficient (Wildman–Crippen LogP) is 13.9. The maximum atomic E-state index is 5.02. The van der Waals surface area contributed by atoms with Crippen molar-refractivity contribution in [3.63, 3.8) is 0 Å². The van der Waals surface area contributed by atoms with Crippen LogP contribution >= 0.6 is 0 Å². The van der Waals surface area contributed by atoms with Gasteiger partial charge in [0.2, 0.25) is 0 Å². The van der Waals surface area contributed by atoms with Crippen molar-refractivity contribution in [2.24, 2.45) is 0 Å². The number of aromatic nitrogens is 2. The molecule has 0 radical (unpaired) electrons. The van der Waals surface area contributed by atoms with Gasteiger partial charge in [0.1, 0.15) is 0 Å². The maximum absolute atomic E-state index is 5.02. The van der Waals surface area contributed by atoms with Crippen LogP contribution in [-0.2, 0) is 0 Å². The summed E-state index contributed by atoms with van der Waals surface area (Å²) < 4.78 is 0. The third-order valence-electron chi connectivity index (χ3n) is 10.3. The van der Waals surface area contributed by atoms with Gasteiger partial charge in [0.25, 0.3) is 0 Å². The van der Waals surface area contributed by atoms with Crippen LogP contribution in [0, 0.1) is 0 Å². The highest BCUT2D eigenvalue weighted by atomic mass is 14.7. The van der Waals surface area contributed by atoms with Crippen molar-refractivity contribution in [3.05, 3.63) is 144 Å². The first-order chi connectivity index (χ1) is 24.2. The third kappa shape index (κ3) is 5.92. The second-order valence-corrected chi connectivity index (χ2v) is 14.9. The van der Waals surface area contributed by atoms with E-state index in [-0.39, 0.29) is 0 Å². The Kier molecular flexibility index (Phi) is 9.14. The van der Waals surface area contributed by atoms with E-state index >= 15 is 0 Å². The van der Waals surface area contributed by atoms with Crippen LogP contribution < -0.4 is 0 Å². The van der Waals surface area contributed by atoms with E-state index in [4.69, 9.17) is 9.97 Å². The number of nitrogens with zero attached hydrogens (tertiary/aromatic N) is 2. The molecule has 7 aromatic rings. The fourth-order valence-electron chi connectivity index (χ4n) is 7.89. The molecule has 0 saturated heterocycles. The van der Waals surface area contributed by atoms with Crippen molar-refractivity contribution in [2.45, 2.75) is 79.1 Å². The monoisotopic (exact) mass is 652 g/mol. The molecule has 5 aromatic carbocycles. The molecule has 0 spiro atoms. The number of hydrogen-bond acceptors (Lipinski definition) is 2. The zero-order valence-corrected chi connectivity index (χ0v) is 30.8. The van der Waals surface area contributed by atoms with Crippen LogP contribution in [0.5, 0.6) is 0 Å². The molecule has 0 saturated carbocycles. The molecule has 2 aromatic heterocycles. The van der Waals surface area contributed by atoms with Gasteiger partial charge < -0.3 is 0 Å². The molecule has 7 rings (SSSR count). The van der Waals surface area contributed by atoms with Crippen molar-refractivity contribution in [3.8, 4) is 44.8 Å². The van der Waals surface area contributed by atoms with E-state index in [1.165, 1.54) is 77.2 Å². The lowest BCUT2D eigenvalue weighted by Gasteiger charge is -2.21. The van der Waals surface area contributed by atoms with Gasteiger partial charge in [-0.1, -0.05) is 140 Å². The molecule has 2 nitrogen and oxygen atoms in total. The molecule has 0 fully saturated rings. The quantitative estimate of drug-likeness (QED) is 0.153. The van der Waals surface area contributed by atoms with E-state index in [0.717, 1.165) is 11.4 Å². The number of hydrogen-bond donors (Lipinski definition) is 0. The SMILES string of the molecule is CC(C)c1cccc(C(C)C)c1-c1cc(-c2c3ccccc3c(-c3ccnc(-c4c(C(C)C)cccc4C(C)C)c3)c3ccccc23)ccn1. The Labute approximate surface area is 298 Å². The van der Waals surface area contributed by atoms with Crippen LogP contribution in [0.1, 0.15) is 101 Å². The fourth-order valence-corrected chi connectivity index (χ4v) is 7.89. The van der Waals surface area contributed by atoms with Crippen LogP contribution in [0.2, 0.25) is 0 Å². The summed E-state index contributed by atoms with van der Waals surface area (Å²) in [5.41, 5.74) is 14.9. The van der Waals surface area contributed by atoms with Crippen molar-refractivity contribution < 1.29 is 0 Å². The summed E-state index contributed by atoms with van der Waals surface area (Å²) in [6, 6.07) is 40.3. The number of rotatable bonds is 8. The normalized spacial score (nSPS) is 11.9. The van der Waals surface area contributed by atoms with Crippen molar-refractivity contribution in [1.82, 2.24) is 9.97 Å². The van der Waals surface area contributed by atoms with Crippen LogP contribution in [0.15, 0.2) is 122 Å². The highest BCUT2D eigenvalue weighted by Crippen LogP contribution is 2.46. The Hall–Kier alpha value is -5.08. The summed E-state index contributed by atoms with van der Waals surface area (Å²) in [7, 11) is 0. The topological polar surface area (TPSA) is 25.8 Å². The Morgan fingerprint density at radius 3 is 0.920 bits per heavy atom. The fraction of sp³-hybridized carbons (Fsp3) is 0.250. The van der Waals surface area contributed by atoms with Gasteiger partial charge in [-0.3, -0.25) is 9.97 Å². The van der Waals surface area contributed by atoms with E-state index in [1.807, 2.05) is 12.4 Å². The number of fused-ring (bicyclic) bond motifs is 2. The van der Waals surface area contributed by atoms with E-state index in [2.05, 4.69) is 165 Å². The molecule has 50 heavy (non-hydrogen) atoms. The highest BCUT2D eigenvalue weighted by Gasteiger charge is 2.22. The lowest BCUT2D eigenvalue weighted by Crippen LogP contribution is -2.01. The lowest BCUT2D eigenvalue weighted by atomic mass is 9.83. The molecule has 0 unspecified atom stereocenters. The van der Waals surface area contributed by atoms with Gasteiger partial charge >= 0.3 is 0 Å². The van der Waals surface area contributed by atoms with Gasteiger partial charge in [-0.05, 0) is 114 Å². The minimum absolute atomic E-state index is 0.393. The van der Waals surface area contributed by atoms with Gasteiger partial charge in [-0.2, -0.15) is 0 Å². The van der Waals surface area contributed by atoms with Crippen LogP contribution in [-0.4, -0.2) is 9.97 Å². The van der Waals surface area contributed by atoms with Crippen molar-refractivity contribution in [1.29, 1.82) is 0 Å². The smallest absolute Gasteiger partial charge is 0.0713 e. The van der Waals surface area contributed by atoms with Gasteiger partial charge in [-0.15, -0.1) is 0 Å². The average molecular weight is 653 g/mol. The van der Waals surface area contributed by atoms with Gasteiger partial charge in [0.05, 0.1) is 11.4 Å². The van der Waals surface area contributed by atoms with Crippen molar-refractivity contribution >= 4 is 21.5 Å². The van der Waals surface area contributed by atoms with Gasteiger partial charge in [0.15, 0.2) is 0 Å². The molecule has 0 aliphatic heterocycles. The summed E-state index contributed by atoms with van der Waals surface area (Å²) >= 11 is 0. The summed E-state index contributed by atoms with van der Waals surface area (Å²) in [5, 5.41) is 4.96. The summed E-state index contributed by atoms with van der Waals surface area (Å²) in [4.78, 5) is 10.0. The van der Waals surface area contributed by atoms with Gasteiger partial charge in [0, 0.05) is 23.5 Å². The summed E-state index contributed by atoms with van der Waals surface area (Å²) in [5.74, 6) is 1.57. The summed E-state index contributed by atoms with van der Waals surface area (Å²) in [6.07, 6.45) is 3.99. The predicted molar refractivity (Wildman–Crippen MR) is 215 cm³/mol. The molecule has 250 valence electrons. The molecular weight excluding hydrogens is 605 g/mol. The van der Waals surface area contributed by atoms with Gasteiger partial charge in [-0.25, -0.2) is 0 Å². The summed E-state index contributed by atoms with van der Waals surface area (Å²) in [6.45, 7) is 18.2. The standard InChI is InChI=1S/C48H48N2/c1-29(2)35-19-13-20-36(30(3)4)47(35)43-27-33(23-25-49-43)45-39-15-9-11-17-41(39)46(42-18-12-10-16-40(42)45)34-24-26-50-44(28-34)48-37(31(5)6)21-14-22-38(48)32(7)8/h9-32H,1-8H3. The molecule has 0 atom stereocenters. The van der Waals surface area contributed by atoms with E-state index in [9.17, 15) is 0 Å². The van der Waals surface area contributed by atoms with Crippen LogP contribution in [0.25, 0.3) is 66.3 Å². The molecule has 0 N–H and O–H groups in total. The largest absolute Gasteiger partial charge is 0.256 e. The minimum Gasteiger partial charge on any atom is -0.256 e. The van der Waals surface area contributed by atoms with Crippen molar-refractivity contribution in [2.75, 3.05) is 0 Å². The Morgan fingerprint density at radius 1 is 0.340 bits per heavy atom. The van der Waals surface area contributed by atoms with E-state index in [0.29, 0.717) is 23.7 Å². The van der Waals surface area contributed by atoms with Crippen LogP contribution in [0.4, 0.5) is 0 Å². The number of benzene rings is 5. The molecule has 0 aliphatic carbocycles. The molecule has 2 heteroatoms. The highest BCUT2D eigenvalue weighted by molar-refractivity contribution is 6.21. The maximum Gasteiger partial charge on any atom is 0.0713 e. The first-order valence-corrected chi connectivity index (χ1v) is 18.3. The zero-order valence-electron chi connectivity index (χ0n) is 30.8. The molecule has 2 heterocycles. The first kappa shape index (κ1) is 33.4. The Bertz CT molecular complexity index is 2070. The average Bonchev–Trinajstić information content (AvgIpc) is 3.13. The molecule has 0 aliphatic rings. The molecular formula is C48H48N2.